The second-order valence-corrected chi connectivity index (χ2v) is 8.41. The highest BCUT2D eigenvalue weighted by molar-refractivity contribution is 7.99. The number of ketones is 1. The van der Waals surface area contributed by atoms with Crippen LogP contribution in [0.5, 0.6) is 0 Å². The molecule has 0 unspecified atom stereocenters. The van der Waals surface area contributed by atoms with E-state index in [1.54, 1.807) is 18.4 Å². The molecule has 0 saturated carbocycles. The Labute approximate surface area is 184 Å². The number of thioether (sulfide) groups is 1. The molecule has 4 rings (SSSR count). The van der Waals surface area contributed by atoms with Crippen molar-refractivity contribution < 1.29 is 13.6 Å². The van der Waals surface area contributed by atoms with Crippen LogP contribution in [0.15, 0.2) is 52.2 Å². The number of furan rings is 1. The Balaban J connectivity index is 1.48. The summed E-state index contributed by atoms with van der Waals surface area (Å²) in [6.07, 6.45) is 1.62. The van der Waals surface area contributed by atoms with E-state index in [2.05, 4.69) is 14.8 Å². The predicted molar refractivity (Wildman–Crippen MR) is 118 cm³/mol. The second kappa shape index (κ2) is 8.55. The zero-order chi connectivity index (χ0) is 22.1. The van der Waals surface area contributed by atoms with Gasteiger partial charge in [-0.2, -0.15) is 0 Å². The van der Waals surface area contributed by atoms with E-state index in [4.69, 9.17) is 4.42 Å². The van der Waals surface area contributed by atoms with Crippen molar-refractivity contribution in [2.24, 2.45) is 7.05 Å². The summed E-state index contributed by atoms with van der Waals surface area (Å²) in [5, 5.41) is 9.15. The lowest BCUT2D eigenvalue weighted by atomic mass is 10.2. The van der Waals surface area contributed by atoms with Crippen LogP contribution in [0.4, 0.5) is 4.39 Å². The van der Waals surface area contributed by atoms with Crippen molar-refractivity contribution in [3.8, 4) is 11.4 Å². The third kappa shape index (κ3) is 4.20. The summed E-state index contributed by atoms with van der Waals surface area (Å²) in [5.74, 6) is 1.52. The van der Waals surface area contributed by atoms with Gasteiger partial charge in [-0.1, -0.05) is 23.9 Å². The maximum absolute atomic E-state index is 13.2. The van der Waals surface area contributed by atoms with Crippen LogP contribution in [0.3, 0.4) is 0 Å². The molecule has 0 spiro atoms. The van der Waals surface area contributed by atoms with Crippen LogP contribution in [0.25, 0.3) is 11.4 Å². The first kappa shape index (κ1) is 21.1. The van der Waals surface area contributed by atoms with Gasteiger partial charge in [-0.05, 0) is 50.6 Å². The number of benzene rings is 1. The van der Waals surface area contributed by atoms with E-state index in [9.17, 15) is 9.18 Å². The molecular weight excluding hydrogens is 415 g/mol. The molecular formula is C23H23FN4O2S. The van der Waals surface area contributed by atoms with Gasteiger partial charge in [0.15, 0.2) is 16.8 Å². The van der Waals surface area contributed by atoms with Crippen LogP contribution < -0.4 is 0 Å². The van der Waals surface area contributed by atoms with Crippen molar-refractivity contribution in [3.05, 3.63) is 76.8 Å². The normalized spacial score (nSPS) is 11.3. The van der Waals surface area contributed by atoms with Crippen molar-refractivity contribution in [1.29, 1.82) is 0 Å². The Hall–Kier alpha value is -3.13. The minimum atomic E-state index is -0.257. The van der Waals surface area contributed by atoms with Gasteiger partial charge >= 0.3 is 0 Å². The van der Waals surface area contributed by atoms with E-state index in [1.165, 1.54) is 23.9 Å². The number of aryl methyl sites for hydroxylation is 2. The van der Waals surface area contributed by atoms with Gasteiger partial charge in [-0.15, -0.1) is 10.2 Å². The molecule has 0 aliphatic rings. The number of rotatable bonds is 7. The molecule has 6 nitrogen and oxygen atoms in total. The SMILES string of the molecule is Cc1occc1-c1nnc(SCC(=O)c2cc(C)n(Cc3ccc(F)cc3)c2C)n1C. The fourth-order valence-corrected chi connectivity index (χ4v) is 4.39. The number of carbonyl (C=O) groups excluding carboxylic acids is 1. The molecule has 4 aromatic rings. The van der Waals surface area contributed by atoms with E-state index in [1.807, 2.05) is 44.5 Å². The first-order chi connectivity index (χ1) is 14.8. The van der Waals surface area contributed by atoms with Crippen molar-refractivity contribution >= 4 is 17.5 Å². The molecule has 8 heteroatoms. The van der Waals surface area contributed by atoms with E-state index < -0.39 is 0 Å². The highest BCUT2D eigenvalue weighted by Gasteiger charge is 2.19. The quantitative estimate of drug-likeness (QED) is 0.301. The number of halogens is 1. The third-order valence-corrected chi connectivity index (χ3v) is 6.42. The summed E-state index contributed by atoms with van der Waals surface area (Å²) in [6, 6.07) is 10.2. The monoisotopic (exact) mass is 438 g/mol. The lowest BCUT2D eigenvalue weighted by molar-refractivity contribution is 0.102. The van der Waals surface area contributed by atoms with Gasteiger partial charge in [0.2, 0.25) is 0 Å². The minimum Gasteiger partial charge on any atom is -0.469 e. The number of hydrogen-bond acceptors (Lipinski definition) is 5. The summed E-state index contributed by atoms with van der Waals surface area (Å²) in [5.41, 5.74) is 4.46. The smallest absolute Gasteiger partial charge is 0.191 e. The van der Waals surface area contributed by atoms with Gasteiger partial charge in [0.05, 0.1) is 17.6 Å². The Morgan fingerprint density at radius 3 is 2.55 bits per heavy atom. The number of Topliss-reactive ketones (excluding diaryl/α,β-unsaturated/α-hetero) is 1. The Morgan fingerprint density at radius 2 is 1.87 bits per heavy atom. The van der Waals surface area contributed by atoms with Crippen LogP contribution in [0.1, 0.15) is 33.1 Å². The zero-order valence-electron chi connectivity index (χ0n) is 17.8. The van der Waals surface area contributed by atoms with Gasteiger partial charge in [0, 0.05) is 30.5 Å². The van der Waals surface area contributed by atoms with Gasteiger partial charge in [-0.3, -0.25) is 4.79 Å². The molecule has 0 N–H and O–H groups in total. The molecule has 0 bridgehead atoms. The molecule has 3 aromatic heterocycles. The van der Waals surface area contributed by atoms with Gasteiger partial charge in [0.1, 0.15) is 11.6 Å². The lowest BCUT2D eigenvalue weighted by Crippen LogP contribution is -2.08. The third-order valence-electron chi connectivity index (χ3n) is 5.39. The van der Waals surface area contributed by atoms with Crippen molar-refractivity contribution in [1.82, 2.24) is 19.3 Å². The molecule has 1 aromatic carbocycles. The topological polar surface area (TPSA) is 65.8 Å². The molecule has 0 aliphatic carbocycles. The van der Waals surface area contributed by atoms with Gasteiger partial charge in [0.25, 0.3) is 0 Å². The van der Waals surface area contributed by atoms with Crippen molar-refractivity contribution in [2.75, 3.05) is 5.75 Å². The predicted octanol–water partition coefficient (Wildman–Crippen LogP) is 4.96. The van der Waals surface area contributed by atoms with E-state index in [0.29, 0.717) is 23.1 Å². The molecule has 0 fully saturated rings. The van der Waals surface area contributed by atoms with Crippen LogP contribution in [0.2, 0.25) is 0 Å². The number of aromatic nitrogens is 4. The van der Waals surface area contributed by atoms with Crippen LogP contribution in [-0.2, 0) is 13.6 Å². The highest BCUT2D eigenvalue weighted by atomic mass is 32.2. The van der Waals surface area contributed by atoms with E-state index >= 15 is 0 Å². The van der Waals surface area contributed by atoms with Gasteiger partial charge in [-0.25, -0.2) is 4.39 Å². The molecule has 31 heavy (non-hydrogen) atoms. The maximum Gasteiger partial charge on any atom is 0.191 e. The number of carbonyl (C=O) groups is 1. The largest absolute Gasteiger partial charge is 0.469 e. The van der Waals surface area contributed by atoms with E-state index in [0.717, 1.165) is 28.3 Å². The molecule has 0 amide bonds. The molecule has 160 valence electrons. The Morgan fingerprint density at radius 1 is 1.13 bits per heavy atom. The number of hydrogen-bond donors (Lipinski definition) is 0. The molecule has 0 atom stereocenters. The summed E-state index contributed by atoms with van der Waals surface area (Å²) in [6.45, 7) is 6.39. The zero-order valence-corrected chi connectivity index (χ0v) is 18.7. The number of nitrogens with zero attached hydrogens (tertiary/aromatic N) is 4. The van der Waals surface area contributed by atoms with Crippen molar-refractivity contribution in [3.63, 3.8) is 0 Å². The van der Waals surface area contributed by atoms with Gasteiger partial charge < -0.3 is 13.6 Å². The Bertz CT molecular complexity index is 1240. The standard InChI is InChI=1S/C23H23FN4O2S/c1-14-11-20(15(2)28(14)12-17-5-7-18(24)8-6-17)21(29)13-31-23-26-25-22(27(23)4)19-9-10-30-16(19)3/h5-11H,12-13H2,1-4H3. The highest BCUT2D eigenvalue weighted by Crippen LogP contribution is 2.27. The summed E-state index contributed by atoms with van der Waals surface area (Å²) < 4.78 is 22.5. The Kier molecular flexibility index (Phi) is 5.82. The summed E-state index contributed by atoms with van der Waals surface area (Å²) >= 11 is 1.36. The fraction of sp³-hybridized carbons (Fsp3) is 0.261. The first-order valence-corrected chi connectivity index (χ1v) is 10.8. The summed E-state index contributed by atoms with van der Waals surface area (Å²) in [7, 11) is 1.88. The van der Waals surface area contributed by atoms with Crippen molar-refractivity contribution in [2.45, 2.75) is 32.5 Å². The molecule has 0 saturated heterocycles. The molecule has 0 radical (unpaired) electrons. The molecule has 3 heterocycles. The average molecular weight is 439 g/mol. The lowest BCUT2D eigenvalue weighted by Gasteiger charge is -2.10. The fourth-order valence-electron chi connectivity index (χ4n) is 3.60. The van der Waals surface area contributed by atoms with Crippen LogP contribution in [-0.4, -0.2) is 30.9 Å². The van der Waals surface area contributed by atoms with Crippen LogP contribution >= 0.6 is 11.8 Å². The average Bonchev–Trinajstić information content (AvgIpc) is 3.41. The minimum absolute atomic E-state index is 0.0347. The second-order valence-electron chi connectivity index (χ2n) is 7.46. The van der Waals surface area contributed by atoms with Crippen LogP contribution in [0, 0.1) is 26.6 Å². The summed E-state index contributed by atoms with van der Waals surface area (Å²) in [4.78, 5) is 12.9. The van der Waals surface area contributed by atoms with E-state index in [-0.39, 0.29) is 17.4 Å². The maximum atomic E-state index is 13.2. The first-order valence-electron chi connectivity index (χ1n) is 9.86. The molecule has 0 aliphatic heterocycles.